The van der Waals surface area contributed by atoms with Crippen molar-refractivity contribution in [3.05, 3.63) is 60.2 Å². The number of nitrogens with zero attached hydrogens (tertiary/aromatic N) is 2. The number of methoxy groups -OCH3 is 1. The van der Waals surface area contributed by atoms with E-state index in [0.29, 0.717) is 18.0 Å². The fourth-order valence-electron chi connectivity index (χ4n) is 3.26. The lowest BCUT2D eigenvalue weighted by Gasteiger charge is -2.19. The van der Waals surface area contributed by atoms with E-state index in [4.69, 9.17) is 9.47 Å². The number of likely N-dealkylation sites (N-methyl/N-ethyl adjacent to an activating group) is 1. The number of hydrogen-bond acceptors (Lipinski definition) is 5. The van der Waals surface area contributed by atoms with Gasteiger partial charge in [0.25, 0.3) is 5.91 Å². The minimum atomic E-state index is -0.611. The molecule has 1 atom stereocenters. The molecule has 2 aromatic carbocycles. The largest absolute Gasteiger partial charge is 0.495 e. The number of carbonyl (C=O) groups excluding carboxylic acids is 3. The monoisotopic (exact) mass is 396 g/mol. The third kappa shape index (κ3) is 4.93. The van der Waals surface area contributed by atoms with Gasteiger partial charge in [-0.1, -0.05) is 42.5 Å². The molecular formula is C22H24N2O5. The van der Waals surface area contributed by atoms with Gasteiger partial charge in [0.2, 0.25) is 5.91 Å². The molecular weight excluding hydrogens is 372 g/mol. The highest BCUT2D eigenvalue weighted by atomic mass is 16.5. The summed E-state index contributed by atoms with van der Waals surface area (Å²) in [5, 5.41) is 0. The predicted octanol–water partition coefficient (Wildman–Crippen LogP) is 2.25. The van der Waals surface area contributed by atoms with Gasteiger partial charge in [-0.15, -0.1) is 0 Å². The van der Waals surface area contributed by atoms with Crippen LogP contribution in [-0.2, 0) is 25.7 Å². The summed E-state index contributed by atoms with van der Waals surface area (Å²) in [4.78, 5) is 40.1. The number of rotatable bonds is 7. The molecule has 1 heterocycles. The Kier molecular flexibility index (Phi) is 6.49. The molecule has 0 N–H and O–H groups in total. The molecule has 152 valence electrons. The number of para-hydroxylation sites is 2. The number of ether oxygens (including phenoxy) is 2. The summed E-state index contributed by atoms with van der Waals surface area (Å²) >= 11 is 0. The van der Waals surface area contributed by atoms with E-state index < -0.39 is 11.9 Å². The van der Waals surface area contributed by atoms with Crippen LogP contribution in [0, 0.1) is 5.92 Å². The minimum Gasteiger partial charge on any atom is -0.495 e. The quantitative estimate of drug-likeness (QED) is 0.671. The number of amides is 2. The van der Waals surface area contributed by atoms with Crippen LogP contribution in [0.25, 0.3) is 0 Å². The van der Waals surface area contributed by atoms with Gasteiger partial charge in [0.15, 0.2) is 6.61 Å². The average Bonchev–Trinajstić information content (AvgIpc) is 3.13. The Morgan fingerprint density at radius 1 is 1.10 bits per heavy atom. The molecule has 0 radical (unpaired) electrons. The summed E-state index contributed by atoms with van der Waals surface area (Å²) in [5.74, 6) is -1.07. The first-order chi connectivity index (χ1) is 14.0. The van der Waals surface area contributed by atoms with Crippen LogP contribution in [0.5, 0.6) is 5.75 Å². The highest BCUT2D eigenvalue weighted by Crippen LogP contribution is 2.33. The number of esters is 1. The van der Waals surface area contributed by atoms with Crippen molar-refractivity contribution in [2.45, 2.75) is 13.0 Å². The molecule has 7 nitrogen and oxygen atoms in total. The SMILES string of the molecule is COc1ccccc1N1C[C@@H](C(=O)OCC(=O)N(C)Cc2ccccc2)CC1=O. The molecule has 0 saturated carbocycles. The standard InChI is InChI=1S/C22H24N2O5/c1-23(13-16-8-4-3-5-9-16)21(26)15-29-22(27)17-12-20(25)24(14-17)18-10-6-7-11-19(18)28-2/h3-11,17H,12-15H2,1-2H3/t17-/m0/s1. The summed E-state index contributed by atoms with van der Waals surface area (Å²) in [6.07, 6.45) is 0.0466. The van der Waals surface area contributed by atoms with Gasteiger partial charge in [-0.3, -0.25) is 14.4 Å². The first-order valence-electron chi connectivity index (χ1n) is 9.37. The fraction of sp³-hybridized carbons (Fsp3) is 0.318. The minimum absolute atomic E-state index is 0.0466. The Labute approximate surface area is 169 Å². The molecule has 1 fully saturated rings. The zero-order chi connectivity index (χ0) is 20.8. The van der Waals surface area contributed by atoms with Crippen LogP contribution in [0.4, 0.5) is 5.69 Å². The fourth-order valence-corrected chi connectivity index (χ4v) is 3.26. The molecule has 1 aliphatic heterocycles. The first kappa shape index (κ1) is 20.4. The van der Waals surface area contributed by atoms with E-state index in [2.05, 4.69) is 0 Å². The van der Waals surface area contributed by atoms with Gasteiger partial charge in [0.05, 0.1) is 18.7 Å². The lowest BCUT2D eigenvalue weighted by molar-refractivity contribution is -0.155. The molecule has 1 saturated heterocycles. The van der Waals surface area contributed by atoms with E-state index in [-0.39, 0.29) is 31.4 Å². The summed E-state index contributed by atoms with van der Waals surface area (Å²) in [5.41, 5.74) is 1.61. The van der Waals surface area contributed by atoms with Crippen LogP contribution in [0.3, 0.4) is 0 Å². The molecule has 0 spiro atoms. The Balaban J connectivity index is 1.53. The van der Waals surface area contributed by atoms with E-state index in [1.165, 1.54) is 16.9 Å². The van der Waals surface area contributed by atoms with E-state index in [1.807, 2.05) is 36.4 Å². The van der Waals surface area contributed by atoms with Crippen molar-refractivity contribution in [3.63, 3.8) is 0 Å². The maximum Gasteiger partial charge on any atom is 0.311 e. The Bertz CT molecular complexity index is 884. The molecule has 2 amide bonds. The zero-order valence-corrected chi connectivity index (χ0v) is 16.5. The number of benzene rings is 2. The zero-order valence-electron chi connectivity index (χ0n) is 16.5. The van der Waals surface area contributed by atoms with E-state index >= 15 is 0 Å². The van der Waals surface area contributed by atoms with E-state index in [0.717, 1.165) is 5.56 Å². The van der Waals surface area contributed by atoms with Crippen molar-refractivity contribution in [3.8, 4) is 5.75 Å². The van der Waals surface area contributed by atoms with Crippen molar-refractivity contribution in [2.24, 2.45) is 5.92 Å². The van der Waals surface area contributed by atoms with E-state index in [9.17, 15) is 14.4 Å². The second-order valence-corrected chi connectivity index (χ2v) is 6.92. The highest BCUT2D eigenvalue weighted by molar-refractivity contribution is 6.00. The molecule has 0 aromatic heterocycles. The van der Waals surface area contributed by atoms with Gasteiger partial charge >= 0.3 is 5.97 Å². The van der Waals surface area contributed by atoms with Crippen molar-refractivity contribution < 1.29 is 23.9 Å². The van der Waals surface area contributed by atoms with Crippen LogP contribution in [-0.4, -0.2) is 50.0 Å². The molecule has 3 rings (SSSR count). The average molecular weight is 396 g/mol. The van der Waals surface area contributed by atoms with Crippen LogP contribution in [0.1, 0.15) is 12.0 Å². The third-order valence-electron chi connectivity index (χ3n) is 4.86. The smallest absolute Gasteiger partial charge is 0.311 e. The maximum absolute atomic E-state index is 12.4. The summed E-state index contributed by atoms with van der Waals surface area (Å²) in [6.45, 7) is 0.286. The maximum atomic E-state index is 12.4. The number of hydrogen-bond donors (Lipinski definition) is 0. The van der Waals surface area contributed by atoms with Crippen molar-refractivity contribution >= 4 is 23.5 Å². The summed E-state index contributed by atoms with van der Waals surface area (Å²) in [7, 11) is 3.19. The van der Waals surface area contributed by atoms with Gasteiger partial charge in [-0.05, 0) is 17.7 Å². The van der Waals surface area contributed by atoms with Crippen LogP contribution < -0.4 is 9.64 Å². The molecule has 0 unspecified atom stereocenters. The van der Waals surface area contributed by atoms with Crippen molar-refractivity contribution in [1.29, 1.82) is 0 Å². The second-order valence-electron chi connectivity index (χ2n) is 6.92. The summed E-state index contributed by atoms with van der Waals surface area (Å²) < 4.78 is 10.5. The lowest BCUT2D eigenvalue weighted by atomic mass is 10.1. The molecule has 0 bridgehead atoms. The van der Waals surface area contributed by atoms with Gasteiger partial charge in [-0.25, -0.2) is 0 Å². The molecule has 7 heteroatoms. The topological polar surface area (TPSA) is 76.2 Å². The first-order valence-corrected chi connectivity index (χ1v) is 9.37. The van der Waals surface area contributed by atoms with Gasteiger partial charge in [0, 0.05) is 26.6 Å². The normalized spacial score (nSPS) is 15.9. The molecule has 29 heavy (non-hydrogen) atoms. The van der Waals surface area contributed by atoms with Crippen molar-refractivity contribution in [1.82, 2.24) is 4.90 Å². The van der Waals surface area contributed by atoms with Gasteiger partial charge < -0.3 is 19.3 Å². The van der Waals surface area contributed by atoms with Gasteiger partial charge in [-0.2, -0.15) is 0 Å². The van der Waals surface area contributed by atoms with Crippen LogP contribution in [0.15, 0.2) is 54.6 Å². The van der Waals surface area contributed by atoms with Crippen LogP contribution in [0.2, 0.25) is 0 Å². The summed E-state index contributed by atoms with van der Waals surface area (Å²) in [6, 6.07) is 16.7. The predicted molar refractivity (Wildman–Crippen MR) is 107 cm³/mol. The lowest BCUT2D eigenvalue weighted by Crippen LogP contribution is -2.32. The third-order valence-corrected chi connectivity index (χ3v) is 4.86. The Hall–Kier alpha value is -3.35. The number of carbonyl (C=O) groups is 3. The molecule has 2 aromatic rings. The Morgan fingerprint density at radius 2 is 1.79 bits per heavy atom. The molecule has 1 aliphatic rings. The van der Waals surface area contributed by atoms with Crippen molar-refractivity contribution in [2.75, 3.05) is 32.2 Å². The number of anilines is 1. The van der Waals surface area contributed by atoms with Crippen LogP contribution >= 0.6 is 0 Å². The Morgan fingerprint density at radius 3 is 2.52 bits per heavy atom. The highest BCUT2D eigenvalue weighted by Gasteiger charge is 2.37. The van der Waals surface area contributed by atoms with E-state index in [1.54, 1.807) is 25.2 Å². The second kappa shape index (κ2) is 9.23. The van der Waals surface area contributed by atoms with Gasteiger partial charge in [0.1, 0.15) is 5.75 Å². The molecule has 0 aliphatic carbocycles.